The first-order valence-corrected chi connectivity index (χ1v) is 7.89. The molecule has 4 heteroatoms. The lowest BCUT2D eigenvalue weighted by atomic mass is 9.99. The number of nitrogens with two attached hydrogens (primary N) is 1. The zero-order valence-electron chi connectivity index (χ0n) is 13.7. The lowest BCUT2D eigenvalue weighted by Crippen LogP contribution is -2.40. The molecule has 0 heterocycles. The minimum atomic E-state index is -0.457. The van der Waals surface area contributed by atoms with Crippen molar-refractivity contribution in [2.24, 2.45) is 11.7 Å². The molecular weight excluding hydrogens is 262 g/mol. The Hall–Kier alpha value is -1.39. The fourth-order valence-electron chi connectivity index (χ4n) is 2.19. The number of hydrogen-bond donors (Lipinski definition) is 2. The Morgan fingerprint density at radius 1 is 1.29 bits per heavy atom. The van der Waals surface area contributed by atoms with Crippen LogP contribution >= 0.6 is 0 Å². The predicted molar refractivity (Wildman–Crippen MR) is 89.1 cm³/mol. The van der Waals surface area contributed by atoms with Crippen molar-refractivity contribution in [1.82, 2.24) is 4.90 Å². The minimum Gasteiger partial charge on any atom is -0.325 e. The average Bonchev–Trinajstić information content (AvgIpc) is 2.51. The van der Waals surface area contributed by atoms with Crippen molar-refractivity contribution >= 4 is 11.6 Å². The van der Waals surface area contributed by atoms with Crippen molar-refractivity contribution in [1.29, 1.82) is 0 Å². The summed E-state index contributed by atoms with van der Waals surface area (Å²) in [5.74, 6) is 0.0770. The fraction of sp³-hybridized carbons (Fsp3) is 0.588. The zero-order valence-corrected chi connectivity index (χ0v) is 13.7. The lowest BCUT2D eigenvalue weighted by Gasteiger charge is -2.20. The molecule has 0 unspecified atom stereocenters. The molecule has 0 aliphatic carbocycles. The second kappa shape index (κ2) is 8.80. The van der Waals surface area contributed by atoms with Gasteiger partial charge in [-0.05, 0) is 36.7 Å². The maximum Gasteiger partial charge on any atom is 0.241 e. The quantitative estimate of drug-likeness (QED) is 0.774. The molecule has 0 aliphatic rings. The summed E-state index contributed by atoms with van der Waals surface area (Å²) in [7, 11) is 0. The maximum absolute atomic E-state index is 12.1. The van der Waals surface area contributed by atoms with Crippen molar-refractivity contribution in [2.75, 3.05) is 18.4 Å². The summed E-state index contributed by atoms with van der Waals surface area (Å²) in [5.41, 5.74) is 7.99. The monoisotopic (exact) mass is 291 g/mol. The van der Waals surface area contributed by atoms with Gasteiger partial charge in [-0.3, -0.25) is 9.69 Å². The van der Waals surface area contributed by atoms with E-state index in [-0.39, 0.29) is 11.8 Å². The molecule has 1 aromatic rings. The van der Waals surface area contributed by atoms with Gasteiger partial charge in [-0.2, -0.15) is 0 Å². The Morgan fingerprint density at radius 3 is 2.52 bits per heavy atom. The number of anilines is 1. The van der Waals surface area contributed by atoms with Gasteiger partial charge >= 0.3 is 0 Å². The van der Waals surface area contributed by atoms with E-state index in [2.05, 4.69) is 30.1 Å². The van der Waals surface area contributed by atoms with Crippen LogP contribution in [-0.4, -0.2) is 29.9 Å². The first kappa shape index (κ1) is 17.7. The summed E-state index contributed by atoms with van der Waals surface area (Å²) in [4.78, 5) is 14.5. The smallest absolute Gasteiger partial charge is 0.241 e. The molecule has 0 aromatic heterocycles. The molecule has 118 valence electrons. The van der Waals surface area contributed by atoms with Crippen molar-refractivity contribution < 1.29 is 4.79 Å². The highest BCUT2D eigenvalue weighted by molar-refractivity contribution is 5.94. The second-order valence-corrected chi connectivity index (χ2v) is 5.56. The molecule has 1 rings (SSSR count). The van der Waals surface area contributed by atoms with Gasteiger partial charge in [-0.1, -0.05) is 46.2 Å². The molecule has 0 radical (unpaired) electrons. The summed E-state index contributed by atoms with van der Waals surface area (Å²) in [6.45, 7) is 11.3. The Balaban J connectivity index is 2.70. The van der Waals surface area contributed by atoms with E-state index in [0.717, 1.165) is 31.7 Å². The van der Waals surface area contributed by atoms with Crippen LogP contribution in [0.15, 0.2) is 24.3 Å². The molecule has 4 nitrogen and oxygen atoms in total. The molecule has 3 N–H and O–H groups in total. The van der Waals surface area contributed by atoms with E-state index in [1.165, 1.54) is 5.56 Å². The maximum atomic E-state index is 12.1. The number of nitrogens with zero attached hydrogens (tertiary/aromatic N) is 1. The number of hydrogen-bond acceptors (Lipinski definition) is 3. The van der Waals surface area contributed by atoms with E-state index in [1.807, 2.05) is 32.0 Å². The zero-order chi connectivity index (χ0) is 15.8. The van der Waals surface area contributed by atoms with E-state index < -0.39 is 6.04 Å². The molecule has 0 fully saturated rings. The fourth-order valence-corrected chi connectivity index (χ4v) is 2.19. The van der Waals surface area contributed by atoms with Crippen LogP contribution in [0.2, 0.25) is 0 Å². The van der Waals surface area contributed by atoms with Crippen LogP contribution in [0.3, 0.4) is 0 Å². The van der Waals surface area contributed by atoms with Gasteiger partial charge in [0.15, 0.2) is 0 Å². The van der Waals surface area contributed by atoms with Crippen LogP contribution < -0.4 is 11.1 Å². The van der Waals surface area contributed by atoms with Crippen LogP contribution in [-0.2, 0) is 11.3 Å². The van der Waals surface area contributed by atoms with Crippen LogP contribution in [0.1, 0.15) is 39.7 Å². The molecule has 0 saturated carbocycles. The predicted octanol–water partition coefficient (Wildman–Crippen LogP) is 2.84. The third kappa shape index (κ3) is 5.48. The molecule has 0 spiro atoms. The van der Waals surface area contributed by atoms with E-state index >= 15 is 0 Å². The third-order valence-corrected chi connectivity index (χ3v) is 4.05. The topological polar surface area (TPSA) is 58.4 Å². The molecule has 2 atom stereocenters. The summed E-state index contributed by atoms with van der Waals surface area (Å²) in [5, 5.41) is 2.92. The van der Waals surface area contributed by atoms with E-state index in [9.17, 15) is 4.79 Å². The summed E-state index contributed by atoms with van der Waals surface area (Å²) in [6, 6.07) is 7.54. The SMILES string of the molecule is CC[C@H](C)[C@H](N)C(=O)Nc1cccc(CN(CC)CC)c1. The van der Waals surface area contributed by atoms with Gasteiger partial charge in [0.05, 0.1) is 6.04 Å². The largest absolute Gasteiger partial charge is 0.325 e. The summed E-state index contributed by atoms with van der Waals surface area (Å²) in [6.07, 6.45) is 0.899. The van der Waals surface area contributed by atoms with E-state index in [0.29, 0.717) is 0 Å². The summed E-state index contributed by atoms with van der Waals surface area (Å²) >= 11 is 0. The number of rotatable bonds is 8. The molecule has 1 aromatic carbocycles. The average molecular weight is 291 g/mol. The van der Waals surface area contributed by atoms with Gasteiger partial charge in [0, 0.05) is 12.2 Å². The van der Waals surface area contributed by atoms with Gasteiger partial charge < -0.3 is 11.1 Å². The summed E-state index contributed by atoms with van der Waals surface area (Å²) < 4.78 is 0. The molecule has 0 saturated heterocycles. The molecule has 1 amide bonds. The second-order valence-electron chi connectivity index (χ2n) is 5.56. The molecular formula is C17H29N3O. The first-order valence-electron chi connectivity index (χ1n) is 7.89. The molecule has 0 bridgehead atoms. The number of carbonyl (C=O) groups is 1. The van der Waals surface area contributed by atoms with Crippen LogP contribution in [0.25, 0.3) is 0 Å². The van der Waals surface area contributed by atoms with Gasteiger partial charge in [-0.15, -0.1) is 0 Å². The normalized spacial score (nSPS) is 14.0. The van der Waals surface area contributed by atoms with Crippen molar-refractivity contribution in [2.45, 2.75) is 46.7 Å². The Labute approximate surface area is 128 Å². The molecule has 0 aliphatic heterocycles. The highest BCUT2D eigenvalue weighted by atomic mass is 16.2. The van der Waals surface area contributed by atoms with E-state index in [1.54, 1.807) is 0 Å². The van der Waals surface area contributed by atoms with Gasteiger partial charge in [-0.25, -0.2) is 0 Å². The van der Waals surface area contributed by atoms with Crippen molar-refractivity contribution in [3.8, 4) is 0 Å². The number of nitrogens with one attached hydrogen (secondary N) is 1. The Kier molecular flexibility index (Phi) is 7.40. The highest BCUT2D eigenvalue weighted by Crippen LogP contribution is 2.14. The van der Waals surface area contributed by atoms with E-state index in [4.69, 9.17) is 5.73 Å². The van der Waals surface area contributed by atoms with Gasteiger partial charge in [0.25, 0.3) is 0 Å². The number of benzene rings is 1. The number of amides is 1. The van der Waals surface area contributed by atoms with Gasteiger partial charge in [0.2, 0.25) is 5.91 Å². The minimum absolute atomic E-state index is 0.107. The number of carbonyl (C=O) groups excluding carboxylic acids is 1. The standard InChI is InChI=1S/C17H29N3O/c1-5-13(4)16(18)17(21)19-15-10-8-9-14(11-15)12-20(6-2)7-3/h8-11,13,16H,5-7,12,18H2,1-4H3,(H,19,21)/t13-,16-/m0/s1. The lowest BCUT2D eigenvalue weighted by molar-refractivity contribution is -0.118. The Bertz CT molecular complexity index is 443. The third-order valence-electron chi connectivity index (χ3n) is 4.05. The van der Waals surface area contributed by atoms with Crippen molar-refractivity contribution in [3.63, 3.8) is 0 Å². The highest BCUT2D eigenvalue weighted by Gasteiger charge is 2.19. The molecule has 21 heavy (non-hydrogen) atoms. The van der Waals surface area contributed by atoms with Crippen LogP contribution in [0, 0.1) is 5.92 Å². The first-order chi connectivity index (χ1) is 10.0. The van der Waals surface area contributed by atoms with Gasteiger partial charge in [0.1, 0.15) is 0 Å². The van der Waals surface area contributed by atoms with Crippen LogP contribution in [0.5, 0.6) is 0 Å². The Morgan fingerprint density at radius 2 is 1.95 bits per heavy atom. The van der Waals surface area contributed by atoms with Crippen molar-refractivity contribution in [3.05, 3.63) is 29.8 Å². The van der Waals surface area contributed by atoms with Crippen LogP contribution in [0.4, 0.5) is 5.69 Å².